The summed E-state index contributed by atoms with van der Waals surface area (Å²) >= 11 is 0. The van der Waals surface area contributed by atoms with Crippen LogP contribution in [0.25, 0.3) is 0 Å². The smallest absolute Gasteiger partial charge is 0.251 e. The van der Waals surface area contributed by atoms with Gasteiger partial charge < -0.3 is 15.0 Å². The topological polar surface area (TPSA) is 102 Å². The third kappa shape index (κ3) is 4.19. The van der Waals surface area contributed by atoms with Gasteiger partial charge in [-0.1, -0.05) is 6.07 Å². The number of nitrogens with zero attached hydrogens (tertiary/aromatic N) is 1. The molecule has 1 atom stereocenters. The van der Waals surface area contributed by atoms with E-state index in [9.17, 15) is 13.2 Å². The van der Waals surface area contributed by atoms with Gasteiger partial charge in [-0.2, -0.15) is 0 Å². The summed E-state index contributed by atoms with van der Waals surface area (Å²) in [5, 5.41) is 8.30. The summed E-state index contributed by atoms with van der Waals surface area (Å²) in [6, 6.07) is 13.0. The number of nitrogens with two attached hydrogens (primary N) is 1. The molecular formula is C20H23N3O4S. The molecule has 2 aromatic rings. The average molecular weight is 401 g/mol. The maximum atomic E-state index is 12.6. The summed E-state index contributed by atoms with van der Waals surface area (Å²) in [5.74, 6) is 1.35. The number of ether oxygens (including phenoxy) is 1. The highest BCUT2D eigenvalue weighted by atomic mass is 32.2. The maximum Gasteiger partial charge on any atom is 0.251 e. The summed E-state index contributed by atoms with van der Waals surface area (Å²) in [6.45, 7) is 3.20. The van der Waals surface area contributed by atoms with E-state index in [4.69, 9.17) is 9.88 Å². The van der Waals surface area contributed by atoms with Crippen molar-refractivity contribution in [2.24, 2.45) is 11.1 Å². The lowest BCUT2D eigenvalue weighted by molar-refractivity contribution is 0.0620. The van der Waals surface area contributed by atoms with Gasteiger partial charge in [0, 0.05) is 24.2 Å². The van der Waals surface area contributed by atoms with Gasteiger partial charge in [0.25, 0.3) is 5.91 Å². The molecule has 3 aliphatic heterocycles. The van der Waals surface area contributed by atoms with Gasteiger partial charge in [-0.3, -0.25) is 4.79 Å². The van der Waals surface area contributed by atoms with Crippen LogP contribution in [0.5, 0.6) is 11.5 Å². The minimum atomic E-state index is -3.79. The number of fused-ring (bicyclic) bond motifs is 3. The summed E-state index contributed by atoms with van der Waals surface area (Å²) in [7, 11) is -3.79. The Kier molecular flexibility index (Phi) is 5.09. The lowest BCUT2D eigenvalue weighted by atomic mass is 9.84. The Hall–Kier alpha value is -2.42. The maximum absolute atomic E-state index is 12.6. The molecule has 0 spiro atoms. The second kappa shape index (κ2) is 7.54. The lowest BCUT2D eigenvalue weighted by Gasteiger charge is -2.44. The molecular weight excluding hydrogens is 378 g/mol. The molecule has 5 rings (SSSR count). The van der Waals surface area contributed by atoms with E-state index in [0.29, 0.717) is 23.0 Å². The molecule has 3 saturated heterocycles. The zero-order valence-corrected chi connectivity index (χ0v) is 16.2. The van der Waals surface area contributed by atoms with Crippen LogP contribution < -0.4 is 15.2 Å². The van der Waals surface area contributed by atoms with Crippen LogP contribution in [-0.4, -0.2) is 44.9 Å². The Morgan fingerprint density at radius 2 is 1.79 bits per heavy atom. The molecule has 0 radical (unpaired) electrons. The molecule has 0 saturated carbocycles. The monoisotopic (exact) mass is 401 g/mol. The first-order valence-electron chi connectivity index (χ1n) is 9.32. The van der Waals surface area contributed by atoms with Gasteiger partial charge in [-0.25, -0.2) is 13.6 Å². The minimum absolute atomic E-state index is 0.0153. The molecule has 3 aliphatic rings. The number of hydrogen-bond donors (Lipinski definition) is 2. The van der Waals surface area contributed by atoms with Gasteiger partial charge in [0.1, 0.15) is 11.5 Å². The highest BCUT2D eigenvalue weighted by Crippen LogP contribution is 2.28. The zero-order valence-electron chi connectivity index (χ0n) is 15.4. The van der Waals surface area contributed by atoms with Gasteiger partial charge in [0.15, 0.2) is 0 Å². The standard InChI is InChI=1S/C20H23N3O4S/c21-28(25,26)18-3-1-2-17(12-18)27-16-6-4-15(5-7-16)20(24)22-19-13-23-10-8-14(19)9-11-23/h1-7,12,14,19H,8-11,13H2,(H,22,24)(H2,21,25,26). The van der Waals surface area contributed by atoms with Gasteiger partial charge >= 0.3 is 0 Å². The molecule has 2 bridgehead atoms. The largest absolute Gasteiger partial charge is 0.457 e. The van der Waals surface area contributed by atoms with E-state index in [0.717, 1.165) is 32.5 Å². The van der Waals surface area contributed by atoms with Crippen molar-refractivity contribution in [3.63, 3.8) is 0 Å². The molecule has 1 amide bonds. The number of hydrogen-bond acceptors (Lipinski definition) is 5. The van der Waals surface area contributed by atoms with Crippen LogP contribution in [0.3, 0.4) is 0 Å². The first-order valence-corrected chi connectivity index (χ1v) is 10.9. The van der Waals surface area contributed by atoms with Crippen molar-refractivity contribution in [2.45, 2.75) is 23.8 Å². The van der Waals surface area contributed by atoms with Crippen LogP contribution in [0.1, 0.15) is 23.2 Å². The van der Waals surface area contributed by atoms with Crippen LogP contribution in [0.2, 0.25) is 0 Å². The van der Waals surface area contributed by atoms with E-state index in [2.05, 4.69) is 10.2 Å². The van der Waals surface area contributed by atoms with Crippen LogP contribution in [-0.2, 0) is 10.0 Å². The Bertz CT molecular complexity index is 967. The molecule has 7 nitrogen and oxygen atoms in total. The summed E-state index contributed by atoms with van der Waals surface area (Å²) in [4.78, 5) is 14.9. The number of benzene rings is 2. The van der Waals surface area contributed by atoms with Crippen molar-refractivity contribution >= 4 is 15.9 Å². The quantitative estimate of drug-likeness (QED) is 0.797. The Morgan fingerprint density at radius 1 is 1.07 bits per heavy atom. The third-order valence-corrected chi connectivity index (χ3v) is 6.37. The van der Waals surface area contributed by atoms with Crippen LogP contribution in [0.15, 0.2) is 53.4 Å². The molecule has 0 aromatic heterocycles. The normalized spacial score (nSPS) is 24.0. The number of rotatable bonds is 5. The molecule has 8 heteroatoms. The van der Waals surface area contributed by atoms with Crippen molar-refractivity contribution in [2.75, 3.05) is 19.6 Å². The number of nitrogens with one attached hydrogen (secondary N) is 1. The number of primary sulfonamides is 1. The molecule has 1 unspecified atom stereocenters. The van der Waals surface area contributed by atoms with E-state index in [-0.39, 0.29) is 16.8 Å². The van der Waals surface area contributed by atoms with Crippen LogP contribution >= 0.6 is 0 Å². The van der Waals surface area contributed by atoms with Gasteiger partial charge in [0.2, 0.25) is 10.0 Å². The van der Waals surface area contributed by atoms with E-state index < -0.39 is 10.0 Å². The van der Waals surface area contributed by atoms with Crippen molar-refractivity contribution in [1.82, 2.24) is 10.2 Å². The van der Waals surface area contributed by atoms with Gasteiger partial charge in [-0.15, -0.1) is 0 Å². The first-order chi connectivity index (χ1) is 13.4. The van der Waals surface area contributed by atoms with Gasteiger partial charge in [-0.05, 0) is 68.2 Å². The number of carbonyl (C=O) groups is 1. The molecule has 148 valence electrons. The fourth-order valence-electron chi connectivity index (χ4n) is 3.91. The van der Waals surface area contributed by atoms with E-state index in [1.807, 2.05) is 0 Å². The Balaban J connectivity index is 1.40. The number of carbonyl (C=O) groups excluding carboxylic acids is 1. The number of amides is 1. The summed E-state index contributed by atoms with van der Waals surface area (Å²) < 4.78 is 28.6. The number of piperidine rings is 3. The molecule has 28 heavy (non-hydrogen) atoms. The number of sulfonamides is 1. The summed E-state index contributed by atoms with van der Waals surface area (Å²) in [6.07, 6.45) is 2.30. The lowest BCUT2D eigenvalue weighted by Crippen LogP contribution is -2.57. The second-order valence-corrected chi connectivity index (χ2v) is 8.93. The average Bonchev–Trinajstić information content (AvgIpc) is 2.69. The van der Waals surface area contributed by atoms with Gasteiger partial charge in [0.05, 0.1) is 4.90 Å². The fraction of sp³-hybridized carbons (Fsp3) is 0.350. The van der Waals surface area contributed by atoms with E-state index in [1.165, 1.54) is 12.1 Å². The molecule has 0 aliphatic carbocycles. The van der Waals surface area contributed by atoms with Crippen LogP contribution in [0, 0.1) is 5.92 Å². The van der Waals surface area contributed by atoms with Crippen molar-refractivity contribution in [3.05, 3.63) is 54.1 Å². The highest BCUT2D eigenvalue weighted by Gasteiger charge is 2.34. The third-order valence-electron chi connectivity index (χ3n) is 5.46. The highest BCUT2D eigenvalue weighted by molar-refractivity contribution is 7.89. The Labute approximate surface area is 164 Å². The van der Waals surface area contributed by atoms with Crippen molar-refractivity contribution in [1.29, 1.82) is 0 Å². The molecule has 3 fully saturated rings. The van der Waals surface area contributed by atoms with Crippen molar-refractivity contribution < 1.29 is 17.9 Å². The second-order valence-electron chi connectivity index (χ2n) is 7.36. The van der Waals surface area contributed by atoms with Crippen molar-refractivity contribution in [3.8, 4) is 11.5 Å². The van der Waals surface area contributed by atoms with E-state index >= 15 is 0 Å². The molecule has 3 heterocycles. The Morgan fingerprint density at radius 3 is 2.39 bits per heavy atom. The first kappa shape index (κ1) is 18.9. The molecule has 2 aromatic carbocycles. The predicted molar refractivity (Wildman–Crippen MR) is 105 cm³/mol. The fourth-order valence-corrected chi connectivity index (χ4v) is 4.45. The minimum Gasteiger partial charge on any atom is -0.457 e. The van der Waals surface area contributed by atoms with E-state index in [1.54, 1.807) is 36.4 Å². The predicted octanol–water partition coefficient (Wildman–Crippen LogP) is 1.95. The zero-order chi connectivity index (χ0) is 19.7. The summed E-state index contributed by atoms with van der Waals surface area (Å²) in [5.41, 5.74) is 0.571. The molecule has 3 N–H and O–H groups in total. The SMILES string of the molecule is NS(=O)(=O)c1cccc(Oc2ccc(C(=O)NC3CN4CCC3CC4)cc2)c1. The van der Waals surface area contributed by atoms with Crippen LogP contribution in [0.4, 0.5) is 0 Å².